The van der Waals surface area contributed by atoms with Crippen LogP contribution in [0.5, 0.6) is 0 Å². The molecule has 1 aliphatic rings. The van der Waals surface area contributed by atoms with E-state index < -0.39 is 11.4 Å². The maximum atomic E-state index is 13.2. The van der Waals surface area contributed by atoms with Crippen molar-refractivity contribution in [3.63, 3.8) is 0 Å². The lowest BCUT2D eigenvalue weighted by Crippen LogP contribution is -2.39. The maximum Gasteiger partial charge on any atom is 0.311 e. The van der Waals surface area contributed by atoms with E-state index in [-0.39, 0.29) is 17.8 Å². The highest BCUT2D eigenvalue weighted by Crippen LogP contribution is 2.41. The van der Waals surface area contributed by atoms with Gasteiger partial charge in [0.25, 0.3) is 0 Å². The fraction of sp³-hybridized carbons (Fsp3) is 0.600. The van der Waals surface area contributed by atoms with Gasteiger partial charge in [-0.2, -0.15) is 0 Å². The largest absolute Gasteiger partial charge is 0.481 e. The van der Waals surface area contributed by atoms with Crippen LogP contribution >= 0.6 is 0 Å². The first kappa shape index (κ1) is 14.9. The zero-order valence-corrected chi connectivity index (χ0v) is 12.1. The van der Waals surface area contributed by atoms with E-state index >= 15 is 0 Å². The van der Waals surface area contributed by atoms with Crippen molar-refractivity contribution in [1.29, 1.82) is 0 Å². The van der Waals surface area contributed by atoms with Crippen molar-refractivity contribution >= 4 is 5.97 Å². The summed E-state index contributed by atoms with van der Waals surface area (Å²) in [4.78, 5) is 17.6. The molecule has 0 radical (unpaired) electrons. The van der Waals surface area contributed by atoms with Crippen LogP contribution in [-0.2, 0) is 4.79 Å². The molecule has 0 aliphatic carbocycles. The monoisotopic (exact) mass is 280 g/mol. The smallest absolute Gasteiger partial charge is 0.311 e. The van der Waals surface area contributed by atoms with Crippen LogP contribution in [0.15, 0.2) is 18.5 Å². The van der Waals surface area contributed by atoms with E-state index in [1.165, 1.54) is 12.3 Å². The van der Waals surface area contributed by atoms with Crippen LogP contribution in [-0.4, -0.2) is 34.0 Å². The fourth-order valence-corrected chi connectivity index (χ4v) is 2.95. The zero-order chi connectivity index (χ0) is 14.9. The Hall–Kier alpha value is -1.49. The molecule has 1 fully saturated rings. The van der Waals surface area contributed by atoms with E-state index in [1.807, 2.05) is 20.8 Å². The number of hydrogen-bond acceptors (Lipinski definition) is 3. The van der Waals surface area contributed by atoms with Gasteiger partial charge in [-0.15, -0.1) is 0 Å². The summed E-state index contributed by atoms with van der Waals surface area (Å²) in [5, 5.41) is 9.55. The number of carbonyl (C=O) groups is 1. The Morgan fingerprint density at radius 2 is 2.15 bits per heavy atom. The summed E-state index contributed by atoms with van der Waals surface area (Å²) in [5.41, 5.74) is 0.0876. The molecule has 20 heavy (non-hydrogen) atoms. The first-order valence-corrected chi connectivity index (χ1v) is 6.94. The summed E-state index contributed by atoms with van der Waals surface area (Å²) in [5.74, 6) is -1.02. The van der Waals surface area contributed by atoms with Crippen molar-refractivity contribution < 1.29 is 14.3 Å². The van der Waals surface area contributed by atoms with Crippen molar-refractivity contribution in [2.24, 2.45) is 11.3 Å². The molecular weight excluding hydrogens is 259 g/mol. The lowest BCUT2D eigenvalue weighted by molar-refractivity contribution is -0.151. The quantitative estimate of drug-likeness (QED) is 0.921. The average Bonchev–Trinajstić information content (AvgIpc) is 2.84. The highest BCUT2D eigenvalue weighted by Gasteiger charge is 2.48. The maximum absolute atomic E-state index is 13.2. The number of hydrogen-bond donors (Lipinski definition) is 1. The molecule has 0 spiro atoms. The molecule has 2 heterocycles. The van der Waals surface area contributed by atoms with Crippen LogP contribution < -0.4 is 0 Å². The number of nitrogens with zero attached hydrogens (tertiary/aromatic N) is 2. The molecule has 5 heteroatoms. The number of carboxylic acids is 1. The summed E-state index contributed by atoms with van der Waals surface area (Å²) in [6.45, 7) is 7.08. The normalized spacial score (nSPS) is 25.1. The van der Waals surface area contributed by atoms with Crippen LogP contribution in [0.3, 0.4) is 0 Å². The molecule has 2 unspecified atom stereocenters. The molecule has 1 aromatic heterocycles. The van der Waals surface area contributed by atoms with E-state index in [4.69, 9.17) is 0 Å². The molecule has 0 saturated carbocycles. The van der Waals surface area contributed by atoms with Gasteiger partial charge in [0.05, 0.1) is 11.6 Å². The van der Waals surface area contributed by atoms with E-state index in [9.17, 15) is 14.3 Å². The zero-order valence-electron chi connectivity index (χ0n) is 12.1. The number of pyridine rings is 1. The third kappa shape index (κ3) is 2.54. The second-order valence-corrected chi connectivity index (χ2v) is 5.95. The number of aliphatic carboxylic acids is 1. The summed E-state index contributed by atoms with van der Waals surface area (Å²) in [6, 6.07) is 1.44. The Kier molecular flexibility index (Phi) is 4.09. The third-order valence-corrected chi connectivity index (χ3v) is 4.62. The van der Waals surface area contributed by atoms with Gasteiger partial charge in [0, 0.05) is 18.8 Å². The standard InChI is InChI=1S/C15H21FN2O2/c1-10(2)15(14(19)20)4-5-18(9-15)11(3)12-6-13(16)8-17-7-12/h6-8,10-11H,4-5,9H2,1-3H3,(H,19,20). The fourth-order valence-electron chi connectivity index (χ4n) is 2.95. The number of carboxylic acid groups (broad SMARTS) is 1. The second kappa shape index (κ2) is 5.48. The van der Waals surface area contributed by atoms with E-state index in [2.05, 4.69) is 9.88 Å². The molecule has 0 bridgehead atoms. The molecule has 2 atom stereocenters. The summed E-state index contributed by atoms with van der Waals surface area (Å²) >= 11 is 0. The van der Waals surface area contributed by atoms with E-state index in [1.54, 1.807) is 6.20 Å². The molecule has 2 rings (SSSR count). The van der Waals surface area contributed by atoms with Crippen molar-refractivity contribution in [2.45, 2.75) is 33.2 Å². The van der Waals surface area contributed by atoms with Crippen LogP contribution in [0.25, 0.3) is 0 Å². The van der Waals surface area contributed by atoms with Gasteiger partial charge < -0.3 is 5.11 Å². The topological polar surface area (TPSA) is 53.4 Å². The van der Waals surface area contributed by atoms with Crippen LogP contribution in [0, 0.1) is 17.2 Å². The molecule has 0 amide bonds. The van der Waals surface area contributed by atoms with Crippen molar-refractivity contribution in [1.82, 2.24) is 9.88 Å². The molecular formula is C15H21FN2O2. The number of halogens is 1. The Bertz CT molecular complexity index is 506. The van der Waals surface area contributed by atoms with Crippen LogP contribution in [0.1, 0.15) is 38.8 Å². The van der Waals surface area contributed by atoms with Gasteiger partial charge in [0.1, 0.15) is 5.82 Å². The van der Waals surface area contributed by atoms with Crippen molar-refractivity contribution in [3.05, 3.63) is 29.8 Å². The second-order valence-electron chi connectivity index (χ2n) is 5.95. The molecule has 1 N–H and O–H groups in total. The SMILES string of the molecule is CC(c1cncc(F)c1)N1CCC(C(=O)O)(C(C)C)C1. The minimum absolute atomic E-state index is 0.0295. The molecule has 1 saturated heterocycles. The van der Waals surface area contributed by atoms with Crippen LogP contribution in [0.4, 0.5) is 4.39 Å². The first-order chi connectivity index (χ1) is 9.36. The lowest BCUT2D eigenvalue weighted by Gasteiger charge is -2.31. The van der Waals surface area contributed by atoms with Gasteiger partial charge in [-0.25, -0.2) is 4.39 Å². The third-order valence-electron chi connectivity index (χ3n) is 4.62. The Morgan fingerprint density at radius 3 is 2.65 bits per heavy atom. The number of likely N-dealkylation sites (tertiary alicyclic amines) is 1. The van der Waals surface area contributed by atoms with Gasteiger partial charge in [-0.3, -0.25) is 14.7 Å². The summed E-state index contributed by atoms with van der Waals surface area (Å²) in [7, 11) is 0. The van der Waals surface area contributed by atoms with Gasteiger partial charge >= 0.3 is 5.97 Å². The van der Waals surface area contributed by atoms with Gasteiger partial charge in [-0.05, 0) is 37.4 Å². The minimum Gasteiger partial charge on any atom is -0.481 e. The minimum atomic E-state index is -0.737. The molecule has 1 aliphatic heterocycles. The molecule has 4 nitrogen and oxygen atoms in total. The summed E-state index contributed by atoms with van der Waals surface area (Å²) in [6.07, 6.45) is 3.45. The van der Waals surface area contributed by atoms with Gasteiger partial charge in [0.15, 0.2) is 0 Å². The predicted octanol–water partition coefficient (Wildman–Crippen LogP) is 2.71. The molecule has 1 aromatic rings. The van der Waals surface area contributed by atoms with Crippen LogP contribution in [0.2, 0.25) is 0 Å². The van der Waals surface area contributed by atoms with Crippen molar-refractivity contribution in [3.8, 4) is 0 Å². The van der Waals surface area contributed by atoms with Gasteiger partial charge in [0.2, 0.25) is 0 Å². The predicted molar refractivity (Wildman–Crippen MR) is 73.7 cm³/mol. The Balaban J connectivity index is 2.18. The summed E-state index contributed by atoms with van der Waals surface area (Å²) < 4.78 is 13.2. The highest BCUT2D eigenvalue weighted by molar-refractivity contribution is 5.75. The Labute approximate surface area is 118 Å². The van der Waals surface area contributed by atoms with E-state index in [0.29, 0.717) is 19.5 Å². The lowest BCUT2D eigenvalue weighted by atomic mass is 9.76. The number of rotatable bonds is 4. The number of aromatic nitrogens is 1. The van der Waals surface area contributed by atoms with Crippen molar-refractivity contribution in [2.75, 3.05) is 13.1 Å². The molecule has 0 aromatic carbocycles. The average molecular weight is 280 g/mol. The highest BCUT2D eigenvalue weighted by atomic mass is 19.1. The molecule has 110 valence electrons. The Morgan fingerprint density at radius 1 is 1.45 bits per heavy atom. The van der Waals surface area contributed by atoms with E-state index in [0.717, 1.165) is 5.56 Å². The first-order valence-electron chi connectivity index (χ1n) is 6.94. The van der Waals surface area contributed by atoms with Gasteiger partial charge in [-0.1, -0.05) is 13.8 Å².